The van der Waals surface area contributed by atoms with Crippen molar-refractivity contribution in [2.45, 2.75) is 32.6 Å². The lowest BCUT2D eigenvalue weighted by atomic mass is 9.84. The Labute approximate surface area is 206 Å². The van der Waals surface area contributed by atoms with Gasteiger partial charge >= 0.3 is 0 Å². The molecule has 1 atom stereocenters. The van der Waals surface area contributed by atoms with Gasteiger partial charge in [-0.1, -0.05) is 25.1 Å². The van der Waals surface area contributed by atoms with Crippen LogP contribution in [0.25, 0.3) is 22.6 Å². The van der Waals surface area contributed by atoms with Gasteiger partial charge in [0.1, 0.15) is 5.52 Å². The van der Waals surface area contributed by atoms with Gasteiger partial charge in [0.2, 0.25) is 11.8 Å². The molecule has 2 aliphatic rings. The molecule has 2 saturated heterocycles. The first kappa shape index (κ1) is 23.5. The Kier molecular flexibility index (Phi) is 7.13. The highest BCUT2D eigenvalue weighted by atomic mass is 16.3. The topological polar surface area (TPSA) is 78.7 Å². The van der Waals surface area contributed by atoms with Crippen LogP contribution in [0.1, 0.15) is 43.0 Å². The molecular formula is C28H34N4O3. The van der Waals surface area contributed by atoms with Crippen LogP contribution in [0.15, 0.2) is 52.9 Å². The fourth-order valence-corrected chi connectivity index (χ4v) is 5.27. The van der Waals surface area contributed by atoms with E-state index >= 15 is 0 Å². The zero-order valence-corrected chi connectivity index (χ0v) is 20.4. The summed E-state index contributed by atoms with van der Waals surface area (Å²) in [6.45, 7) is 7.31. The van der Waals surface area contributed by atoms with E-state index in [0.29, 0.717) is 36.0 Å². The molecular weight excluding hydrogens is 440 g/mol. The zero-order chi connectivity index (χ0) is 24.2. The summed E-state index contributed by atoms with van der Waals surface area (Å²) in [6, 6.07) is 15.2. The summed E-state index contributed by atoms with van der Waals surface area (Å²) in [5, 5.41) is 3.12. The molecule has 1 unspecified atom stereocenters. The van der Waals surface area contributed by atoms with Crippen LogP contribution in [0.4, 0.5) is 0 Å². The largest absolute Gasteiger partial charge is 0.436 e. The number of carbonyl (C=O) groups excluding carboxylic acids is 2. The summed E-state index contributed by atoms with van der Waals surface area (Å²) in [5.41, 5.74) is 2.87. The van der Waals surface area contributed by atoms with E-state index in [9.17, 15) is 9.59 Å². The summed E-state index contributed by atoms with van der Waals surface area (Å²) in [7, 11) is 0. The molecule has 0 spiro atoms. The van der Waals surface area contributed by atoms with Gasteiger partial charge in [0, 0.05) is 43.2 Å². The lowest BCUT2D eigenvalue weighted by Gasteiger charge is -2.34. The highest BCUT2D eigenvalue weighted by molar-refractivity contribution is 5.97. The van der Waals surface area contributed by atoms with E-state index in [1.54, 1.807) is 6.07 Å². The third kappa shape index (κ3) is 5.40. The Bertz CT molecular complexity index is 1160. The number of carbonyl (C=O) groups is 2. The molecule has 2 amide bonds. The highest BCUT2D eigenvalue weighted by Gasteiger charge is 2.30. The minimum Gasteiger partial charge on any atom is -0.436 e. The maximum atomic E-state index is 13.2. The number of amides is 2. The third-order valence-electron chi connectivity index (χ3n) is 7.53. The van der Waals surface area contributed by atoms with Crippen LogP contribution in [0.5, 0.6) is 0 Å². The predicted molar refractivity (Wildman–Crippen MR) is 136 cm³/mol. The molecule has 0 aliphatic carbocycles. The van der Waals surface area contributed by atoms with E-state index in [1.165, 1.54) is 12.8 Å². The van der Waals surface area contributed by atoms with E-state index in [4.69, 9.17) is 4.42 Å². The summed E-state index contributed by atoms with van der Waals surface area (Å²) < 4.78 is 5.94. The number of aromatic nitrogens is 1. The van der Waals surface area contributed by atoms with Crippen LogP contribution in [0.2, 0.25) is 0 Å². The van der Waals surface area contributed by atoms with E-state index in [-0.39, 0.29) is 17.7 Å². The molecule has 7 nitrogen and oxygen atoms in total. The number of fused-ring (bicyclic) bond motifs is 1. The zero-order valence-electron chi connectivity index (χ0n) is 20.4. The first-order valence-electron chi connectivity index (χ1n) is 12.8. The van der Waals surface area contributed by atoms with Crippen molar-refractivity contribution in [3.8, 4) is 11.5 Å². The van der Waals surface area contributed by atoms with Gasteiger partial charge in [0.15, 0.2) is 5.58 Å². The van der Waals surface area contributed by atoms with Crippen molar-refractivity contribution < 1.29 is 14.0 Å². The van der Waals surface area contributed by atoms with E-state index in [0.717, 1.165) is 50.1 Å². The van der Waals surface area contributed by atoms with Crippen LogP contribution in [0.3, 0.4) is 0 Å². The van der Waals surface area contributed by atoms with E-state index < -0.39 is 0 Å². The molecule has 2 aromatic carbocycles. The van der Waals surface area contributed by atoms with Gasteiger partial charge in [0.05, 0.1) is 0 Å². The van der Waals surface area contributed by atoms with Gasteiger partial charge in [-0.05, 0) is 75.0 Å². The van der Waals surface area contributed by atoms with Crippen molar-refractivity contribution in [3.05, 3.63) is 54.1 Å². The van der Waals surface area contributed by atoms with Crippen molar-refractivity contribution in [2.24, 2.45) is 11.8 Å². The van der Waals surface area contributed by atoms with Crippen molar-refractivity contribution in [1.82, 2.24) is 20.1 Å². The molecule has 1 aromatic heterocycles. The van der Waals surface area contributed by atoms with Crippen molar-refractivity contribution in [1.29, 1.82) is 0 Å². The van der Waals surface area contributed by atoms with Crippen molar-refractivity contribution >= 4 is 22.9 Å². The molecule has 5 rings (SSSR count). The van der Waals surface area contributed by atoms with Crippen LogP contribution in [-0.4, -0.2) is 65.9 Å². The summed E-state index contributed by atoms with van der Waals surface area (Å²) in [4.78, 5) is 34.7. The van der Waals surface area contributed by atoms with Crippen LogP contribution >= 0.6 is 0 Å². The highest BCUT2D eigenvalue weighted by Crippen LogP contribution is 2.28. The number of benzene rings is 2. The van der Waals surface area contributed by atoms with Crippen molar-refractivity contribution in [2.75, 3.05) is 39.3 Å². The molecule has 0 bridgehead atoms. The normalized spacial score (nSPS) is 18.1. The SMILES string of the molecule is CC(C(=O)NCCN1CCCC1)C1CCN(C(=O)c2ccc3nc(-c4ccccc4)oc3c2)CC1. The molecule has 184 valence electrons. The average molecular weight is 475 g/mol. The van der Waals surface area contributed by atoms with Gasteiger partial charge in [-0.15, -0.1) is 0 Å². The number of hydrogen-bond donors (Lipinski definition) is 1. The molecule has 7 heteroatoms. The maximum Gasteiger partial charge on any atom is 0.253 e. The molecule has 0 saturated carbocycles. The van der Waals surface area contributed by atoms with E-state index in [1.807, 2.05) is 54.3 Å². The van der Waals surface area contributed by atoms with Gasteiger partial charge in [-0.2, -0.15) is 0 Å². The molecule has 2 fully saturated rings. The Morgan fingerprint density at radius 2 is 1.80 bits per heavy atom. The lowest BCUT2D eigenvalue weighted by molar-refractivity contribution is -0.126. The molecule has 1 N–H and O–H groups in total. The third-order valence-corrected chi connectivity index (χ3v) is 7.53. The number of rotatable bonds is 7. The Balaban J connectivity index is 1.14. The number of nitrogens with one attached hydrogen (secondary N) is 1. The predicted octanol–water partition coefficient (Wildman–Crippen LogP) is 4.20. The van der Waals surface area contributed by atoms with Crippen LogP contribution < -0.4 is 5.32 Å². The number of hydrogen-bond acceptors (Lipinski definition) is 5. The minimum atomic E-state index is -0.0345. The number of piperidine rings is 1. The number of oxazole rings is 1. The fourth-order valence-electron chi connectivity index (χ4n) is 5.27. The lowest BCUT2D eigenvalue weighted by Crippen LogP contribution is -2.43. The van der Waals surface area contributed by atoms with Gasteiger partial charge in [0.25, 0.3) is 5.91 Å². The molecule has 0 radical (unpaired) electrons. The molecule has 3 aromatic rings. The Hall–Kier alpha value is -3.19. The van der Waals surface area contributed by atoms with E-state index in [2.05, 4.69) is 15.2 Å². The average Bonchev–Trinajstić information content (AvgIpc) is 3.58. The minimum absolute atomic E-state index is 0.00530. The fraction of sp³-hybridized carbons (Fsp3) is 0.464. The summed E-state index contributed by atoms with van der Waals surface area (Å²) in [5.74, 6) is 0.965. The maximum absolute atomic E-state index is 13.2. The van der Waals surface area contributed by atoms with Gasteiger partial charge in [-0.25, -0.2) is 4.98 Å². The Morgan fingerprint density at radius 3 is 2.54 bits per heavy atom. The van der Waals surface area contributed by atoms with Crippen LogP contribution in [-0.2, 0) is 4.79 Å². The molecule has 35 heavy (non-hydrogen) atoms. The second-order valence-electron chi connectivity index (χ2n) is 9.83. The quantitative estimate of drug-likeness (QED) is 0.555. The van der Waals surface area contributed by atoms with Gasteiger partial charge in [-0.3, -0.25) is 9.59 Å². The van der Waals surface area contributed by atoms with Crippen molar-refractivity contribution in [3.63, 3.8) is 0 Å². The van der Waals surface area contributed by atoms with Crippen LogP contribution in [0, 0.1) is 11.8 Å². The first-order chi connectivity index (χ1) is 17.1. The molecule has 3 heterocycles. The summed E-state index contributed by atoms with van der Waals surface area (Å²) >= 11 is 0. The second kappa shape index (κ2) is 10.6. The smallest absolute Gasteiger partial charge is 0.253 e. The van der Waals surface area contributed by atoms with Gasteiger partial charge < -0.3 is 19.5 Å². The monoisotopic (exact) mass is 474 g/mol. The standard InChI is InChI=1S/C28H34N4O3/c1-20(26(33)29-13-18-31-14-5-6-15-31)21-11-16-32(17-12-21)28(34)23-9-10-24-25(19-23)35-27(30-24)22-7-3-2-4-8-22/h2-4,7-10,19-21H,5-6,11-18H2,1H3,(H,29,33). The number of nitrogens with zero attached hydrogens (tertiary/aromatic N) is 3. The molecule has 2 aliphatic heterocycles. The summed E-state index contributed by atoms with van der Waals surface area (Å²) in [6.07, 6.45) is 4.22. The number of likely N-dealkylation sites (tertiary alicyclic amines) is 2. The Morgan fingerprint density at radius 1 is 1.06 bits per heavy atom. The second-order valence-corrected chi connectivity index (χ2v) is 9.83. The first-order valence-corrected chi connectivity index (χ1v) is 12.8.